The molecule has 4 heteroatoms. The van der Waals surface area contributed by atoms with E-state index in [4.69, 9.17) is 4.74 Å². The van der Waals surface area contributed by atoms with Crippen LogP contribution in [0.3, 0.4) is 0 Å². The highest BCUT2D eigenvalue weighted by Gasteiger charge is 2.04. The number of rotatable bonds is 5. The lowest BCUT2D eigenvalue weighted by Gasteiger charge is -2.11. The molecule has 0 amide bonds. The van der Waals surface area contributed by atoms with Crippen molar-refractivity contribution >= 4 is 10.8 Å². The van der Waals surface area contributed by atoms with E-state index in [9.17, 15) is 4.79 Å². The molecule has 0 unspecified atom stereocenters. The van der Waals surface area contributed by atoms with Gasteiger partial charge < -0.3 is 14.2 Å². The number of hydrogen-bond donors (Lipinski definition) is 0. The van der Waals surface area contributed by atoms with Gasteiger partial charge >= 0.3 is 0 Å². The van der Waals surface area contributed by atoms with Crippen molar-refractivity contribution in [3.63, 3.8) is 0 Å². The molecule has 0 fully saturated rings. The number of methoxy groups -OCH3 is 1. The molecular weight excluding hydrogens is 240 g/mol. The minimum atomic E-state index is 0.0684. The van der Waals surface area contributed by atoms with E-state index in [0.29, 0.717) is 0 Å². The Labute approximate surface area is 113 Å². The molecule has 1 aromatic carbocycles. The normalized spacial score (nSPS) is 11.2. The summed E-state index contributed by atoms with van der Waals surface area (Å²) in [7, 11) is 5.70. The predicted molar refractivity (Wildman–Crippen MR) is 77.9 cm³/mol. The third kappa shape index (κ3) is 3.15. The third-order valence-corrected chi connectivity index (χ3v) is 3.19. The highest BCUT2D eigenvalue weighted by Crippen LogP contribution is 2.17. The topological polar surface area (TPSA) is 34.5 Å². The van der Waals surface area contributed by atoms with Gasteiger partial charge in [0, 0.05) is 18.1 Å². The Balaban J connectivity index is 2.28. The van der Waals surface area contributed by atoms with Crippen LogP contribution in [0.2, 0.25) is 0 Å². The maximum atomic E-state index is 12.3. The monoisotopic (exact) mass is 260 g/mol. The van der Waals surface area contributed by atoms with E-state index < -0.39 is 0 Å². The lowest BCUT2D eigenvalue weighted by Crippen LogP contribution is -2.22. The van der Waals surface area contributed by atoms with Crippen molar-refractivity contribution in [2.45, 2.75) is 13.0 Å². The number of benzene rings is 1. The van der Waals surface area contributed by atoms with Crippen LogP contribution in [0, 0.1) is 0 Å². The maximum absolute atomic E-state index is 12.3. The van der Waals surface area contributed by atoms with E-state index in [2.05, 4.69) is 4.90 Å². The maximum Gasteiger partial charge on any atom is 0.258 e. The average molecular weight is 260 g/mol. The van der Waals surface area contributed by atoms with Crippen LogP contribution in [0.5, 0.6) is 5.75 Å². The molecular formula is C15H20N2O2. The summed E-state index contributed by atoms with van der Waals surface area (Å²) in [6.07, 6.45) is 2.83. The van der Waals surface area contributed by atoms with Gasteiger partial charge in [-0.05, 0) is 56.7 Å². The minimum absolute atomic E-state index is 0.0684. The molecule has 0 aliphatic carbocycles. The van der Waals surface area contributed by atoms with Gasteiger partial charge in [0.15, 0.2) is 0 Å². The van der Waals surface area contributed by atoms with Crippen LogP contribution in [0.4, 0.5) is 0 Å². The first-order valence-corrected chi connectivity index (χ1v) is 6.44. The molecule has 4 nitrogen and oxygen atoms in total. The molecule has 0 spiro atoms. The van der Waals surface area contributed by atoms with Crippen LogP contribution in [0.25, 0.3) is 10.8 Å². The van der Waals surface area contributed by atoms with Gasteiger partial charge in [0.25, 0.3) is 5.56 Å². The SMILES string of the molecule is COc1ccc2c(=O)n(CCCN(C)C)ccc2c1. The first-order valence-electron chi connectivity index (χ1n) is 6.44. The molecule has 0 N–H and O–H groups in total. The lowest BCUT2D eigenvalue weighted by molar-refractivity contribution is 0.385. The fourth-order valence-corrected chi connectivity index (χ4v) is 2.13. The highest BCUT2D eigenvalue weighted by molar-refractivity contribution is 5.82. The number of ether oxygens (including phenoxy) is 1. The molecule has 2 rings (SSSR count). The Morgan fingerprint density at radius 1 is 1.26 bits per heavy atom. The number of aryl methyl sites for hydroxylation is 1. The molecule has 0 aliphatic heterocycles. The lowest BCUT2D eigenvalue weighted by atomic mass is 10.1. The third-order valence-electron chi connectivity index (χ3n) is 3.19. The smallest absolute Gasteiger partial charge is 0.258 e. The molecule has 102 valence electrons. The molecule has 0 radical (unpaired) electrons. The molecule has 0 saturated heterocycles. The number of nitrogens with zero attached hydrogens (tertiary/aromatic N) is 2. The van der Waals surface area contributed by atoms with Gasteiger partial charge in [-0.1, -0.05) is 0 Å². The number of fused-ring (bicyclic) bond motifs is 1. The van der Waals surface area contributed by atoms with Crippen molar-refractivity contribution in [2.24, 2.45) is 0 Å². The summed E-state index contributed by atoms with van der Waals surface area (Å²) < 4.78 is 6.95. The fraction of sp³-hybridized carbons (Fsp3) is 0.400. The Morgan fingerprint density at radius 3 is 2.74 bits per heavy atom. The highest BCUT2D eigenvalue weighted by atomic mass is 16.5. The first kappa shape index (κ1) is 13.6. The molecule has 0 bridgehead atoms. The van der Waals surface area contributed by atoms with E-state index in [1.165, 1.54) is 0 Å². The zero-order chi connectivity index (χ0) is 13.8. The predicted octanol–water partition coefficient (Wildman–Crippen LogP) is 1.96. The second-order valence-electron chi connectivity index (χ2n) is 4.92. The Bertz CT molecular complexity index is 617. The minimum Gasteiger partial charge on any atom is -0.497 e. The quantitative estimate of drug-likeness (QED) is 0.824. The van der Waals surface area contributed by atoms with Crippen LogP contribution in [-0.4, -0.2) is 37.2 Å². The Morgan fingerprint density at radius 2 is 2.05 bits per heavy atom. The fourth-order valence-electron chi connectivity index (χ4n) is 2.13. The second-order valence-corrected chi connectivity index (χ2v) is 4.92. The molecule has 2 aromatic rings. The van der Waals surface area contributed by atoms with Gasteiger partial charge in [0.1, 0.15) is 5.75 Å². The van der Waals surface area contributed by atoms with Crippen molar-refractivity contribution < 1.29 is 4.74 Å². The van der Waals surface area contributed by atoms with Crippen molar-refractivity contribution in [1.29, 1.82) is 0 Å². The Kier molecular flexibility index (Phi) is 4.22. The van der Waals surface area contributed by atoms with Gasteiger partial charge in [0.05, 0.1) is 7.11 Å². The Hall–Kier alpha value is -1.81. The van der Waals surface area contributed by atoms with Gasteiger partial charge in [-0.15, -0.1) is 0 Å². The van der Waals surface area contributed by atoms with Crippen LogP contribution >= 0.6 is 0 Å². The van der Waals surface area contributed by atoms with Crippen molar-refractivity contribution in [1.82, 2.24) is 9.47 Å². The van der Waals surface area contributed by atoms with Crippen molar-refractivity contribution in [3.8, 4) is 5.75 Å². The molecule has 1 heterocycles. The number of pyridine rings is 1. The summed E-state index contributed by atoms with van der Waals surface area (Å²) in [5.74, 6) is 0.775. The summed E-state index contributed by atoms with van der Waals surface area (Å²) in [6.45, 7) is 1.73. The van der Waals surface area contributed by atoms with Gasteiger partial charge in [-0.2, -0.15) is 0 Å². The van der Waals surface area contributed by atoms with E-state index >= 15 is 0 Å². The second kappa shape index (κ2) is 5.89. The zero-order valence-electron chi connectivity index (χ0n) is 11.7. The van der Waals surface area contributed by atoms with E-state index in [-0.39, 0.29) is 5.56 Å². The molecule has 0 atom stereocenters. The van der Waals surface area contributed by atoms with Gasteiger partial charge in [0.2, 0.25) is 0 Å². The van der Waals surface area contributed by atoms with Crippen LogP contribution < -0.4 is 10.3 Å². The molecule has 0 saturated carbocycles. The standard InChI is InChI=1S/C15H20N2O2/c1-16(2)8-4-9-17-10-7-12-11-13(19-3)5-6-14(12)15(17)18/h5-7,10-11H,4,8-9H2,1-3H3. The summed E-state index contributed by atoms with van der Waals surface area (Å²) in [5, 5.41) is 1.67. The van der Waals surface area contributed by atoms with Crippen molar-refractivity contribution in [3.05, 3.63) is 40.8 Å². The summed E-state index contributed by atoms with van der Waals surface area (Å²) >= 11 is 0. The van der Waals surface area contributed by atoms with Crippen LogP contribution in [0.1, 0.15) is 6.42 Å². The molecule has 1 aromatic heterocycles. The van der Waals surface area contributed by atoms with E-state index in [0.717, 1.165) is 36.0 Å². The van der Waals surface area contributed by atoms with Crippen molar-refractivity contribution in [2.75, 3.05) is 27.7 Å². The van der Waals surface area contributed by atoms with Gasteiger partial charge in [-0.25, -0.2) is 0 Å². The van der Waals surface area contributed by atoms with E-state index in [1.54, 1.807) is 11.7 Å². The number of hydrogen-bond acceptors (Lipinski definition) is 3. The van der Waals surface area contributed by atoms with E-state index in [1.807, 2.05) is 44.6 Å². The molecule has 0 aliphatic rings. The van der Waals surface area contributed by atoms with Gasteiger partial charge in [-0.3, -0.25) is 4.79 Å². The summed E-state index contributed by atoms with van der Waals surface area (Å²) in [4.78, 5) is 14.4. The summed E-state index contributed by atoms with van der Waals surface area (Å²) in [5.41, 5.74) is 0.0684. The average Bonchev–Trinajstić information content (AvgIpc) is 2.40. The zero-order valence-corrected chi connectivity index (χ0v) is 11.7. The van der Waals surface area contributed by atoms with Crippen LogP contribution in [-0.2, 0) is 6.54 Å². The largest absolute Gasteiger partial charge is 0.497 e. The molecule has 19 heavy (non-hydrogen) atoms. The summed E-state index contributed by atoms with van der Waals surface area (Å²) in [6, 6.07) is 7.52. The van der Waals surface area contributed by atoms with Crippen LogP contribution in [0.15, 0.2) is 35.3 Å². The number of aromatic nitrogens is 1. The first-order chi connectivity index (χ1) is 9.11.